The van der Waals surface area contributed by atoms with E-state index >= 15 is 0 Å². The van der Waals surface area contributed by atoms with Gasteiger partial charge in [-0.05, 0) is 24.3 Å². The molecule has 0 aromatic heterocycles. The van der Waals surface area contributed by atoms with Crippen LogP contribution in [0.15, 0.2) is 42.5 Å². The third kappa shape index (κ3) is 5.38. The zero-order valence-electron chi connectivity index (χ0n) is 9.69. The van der Waals surface area contributed by atoms with E-state index < -0.39 is 0 Å². The first-order chi connectivity index (χ1) is 7.18. The van der Waals surface area contributed by atoms with Gasteiger partial charge < -0.3 is 5.73 Å². The molecule has 1 aromatic carbocycles. The van der Waals surface area contributed by atoms with Crippen molar-refractivity contribution in [1.82, 2.24) is 0 Å². The van der Waals surface area contributed by atoms with E-state index in [1.54, 1.807) is 0 Å². The topological polar surface area (TPSA) is 26.0 Å². The van der Waals surface area contributed by atoms with E-state index in [-0.39, 0.29) is 6.04 Å². The van der Waals surface area contributed by atoms with Gasteiger partial charge >= 0.3 is 0 Å². The molecule has 1 atom stereocenters. The van der Waals surface area contributed by atoms with Crippen LogP contribution in [0, 0.1) is 5.92 Å². The fourth-order valence-electron chi connectivity index (χ4n) is 1.62. The lowest BCUT2D eigenvalue weighted by Gasteiger charge is -2.08. The Kier molecular flexibility index (Phi) is 5.13. The van der Waals surface area contributed by atoms with Crippen molar-refractivity contribution < 1.29 is 0 Å². The number of rotatable bonds is 5. The first-order valence-corrected chi connectivity index (χ1v) is 5.64. The molecule has 1 rings (SSSR count). The average Bonchev–Trinajstić information content (AvgIpc) is 2.18. The fourth-order valence-corrected chi connectivity index (χ4v) is 1.62. The maximum Gasteiger partial charge on any atom is 0.0226 e. The van der Waals surface area contributed by atoms with Crippen LogP contribution in [0.25, 0.3) is 0 Å². The van der Waals surface area contributed by atoms with Gasteiger partial charge in [-0.1, -0.05) is 56.3 Å². The Hall–Kier alpha value is -1.08. The number of benzene rings is 1. The SMILES string of the molecule is CC(C)C[C@H](N)/C=C/Cc1ccccc1. The van der Waals surface area contributed by atoms with E-state index in [9.17, 15) is 0 Å². The summed E-state index contributed by atoms with van der Waals surface area (Å²) in [6, 6.07) is 10.6. The molecule has 0 bridgehead atoms. The molecule has 2 N–H and O–H groups in total. The van der Waals surface area contributed by atoms with Crippen LogP contribution < -0.4 is 5.73 Å². The van der Waals surface area contributed by atoms with Gasteiger partial charge in [0.05, 0.1) is 0 Å². The van der Waals surface area contributed by atoms with E-state index in [1.807, 2.05) is 6.07 Å². The predicted octanol–water partition coefficient (Wildman–Crippen LogP) is 3.16. The molecule has 0 amide bonds. The van der Waals surface area contributed by atoms with Gasteiger partial charge in [-0.25, -0.2) is 0 Å². The molecular formula is C14H21N. The van der Waals surface area contributed by atoms with Crippen LogP contribution in [0.5, 0.6) is 0 Å². The van der Waals surface area contributed by atoms with Crippen molar-refractivity contribution in [1.29, 1.82) is 0 Å². The Balaban J connectivity index is 2.33. The molecule has 82 valence electrons. The van der Waals surface area contributed by atoms with Crippen LogP contribution in [0.3, 0.4) is 0 Å². The van der Waals surface area contributed by atoms with Gasteiger partial charge in [-0.2, -0.15) is 0 Å². The van der Waals surface area contributed by atoms with Gasteiger partial charge in [0.1, 0.15) is 0 Å². The maximum absolute atomic E-state index is 5.95. The third-order valence-corrected chi connectivity index (χ3v) is 2.32. The smallest absolute Gasteiger partial charge is 0.0226 e. The number of nitrogens with two attached hydrogens (primary N) is 1. The van der Waals surface area contributed by atoms with Crippen molar-refractivity contribution in [2.45, 2.75) is 32.7 Å². The quantitative estimate of drug-likeness (QED) is 0.731. The molecule has 0 unspecified atom stereocenters. The highest BCUT2D eigenvalue weighted by Gasteiger charge is 2.00. The molecule has 0 aliphatic carbocycles. The molecule has 0 radical (unpaired) electrons. The minimum absolute atomic E-state index is 0.203. The summed E-state index contributed by atoms with van der Waals surface area (Å²) >= 11 is 0. The van der Waals surface area contributed by atoms with Crippen LogP contribution in [-0.2, 0) is 6.42 Å². The molecule has 15 heavy (non-hydrogen) atoms. The molecule has 0 saturated carbocycles. The third-order valence-electron chi connectivity index (χ3n) is 2.32. The highest BCUT2D eigenvalue weighted by molar-refractivity contribution is 5.17. The van der Waals surface area contributed by atoms with Gasteiger partial charge in [0.2, 0.25) is 0 Å². The van der Waals surface area contributed by atoms with Crippen LogP contribution in [0.4, 0.5) is 0 Å². The van der Waals surface area contributed by atoms with Crippen molar-refractivity contribution in [2.24, 2.45) is 11.7 Å². The van der Waals surface area contributed by atoms with Crippen LogP contribution >= 0.6 is 0 Å². The Labute approximate surface area is 93.0 Å². The second-order valence-corrected chi connectivity index (χ2v) is 4.41. The van der Waals surface area contributed by atoms with Gasteiger partial charge in [-0.3, -0.25) is 0 Å². The second-order valence-electron chi connectivity index (χ2n) is 4.41. The van der Waals surface area contributed by atoms with Crippen molar-refractivity contribution in [3.8, 4) is 0 Å². The van der Waals surface area contributed by atoms with Gasteiger partial charge in [0.25, 0.3) is 0 Å². The van der Waals surface area contributed by atoms with E-state index in [1.165, 1.54) is 5.56 Å². The van der Waals surface area contributed by atoms with Crippen LogP contribution in [-0.4, -0.2) is 6.04 Å². The monoisotopic (exact) mass is 203 g/mol. The molecular weight excluding hydrogens is 182 g/mol. The maximum atomic E-state index is 5.95. The molecule has 0 aliphatic heterocycles. The lowest BCUT2D eigenvalue weighted by Crippen LogP contribution is -2.18. The fraction of sp³-hybridized carbons (Fsp3) is 0.429. The van der Waals surface area contributed by atoms with Crippen molar-refractivity contribution in [2.75, 3.05) is 0 Å². The van der Waals surface area contributed by atoms with E-state index in [4.69, 9.17) is 5.73 Å². The highest BCUT2D eigenvalue weighted by atomic mass is 14.6. The Morgan fingerprint density at radius 3 is 2.47 bits per heavy atom. The summed E-state index contributed by atoms with van der Waals surface area (Å²) in [6.07, 6.45) is 6.33. The summed E-state index contributed by atoms with van der Waals surface area (Å²) in [5.74, 6) is 0.668. The van der Waals surface area contributed by atoms with Gasteiger partial charge in [0.15, 0.2) is 0 Å². The number of hydrogen-bond acceptors (Lipinski definition) is 1. The predicted molar refractivity (Wildman–Crippen MR) is 66.7 cm³/mol. The summed E-state index contributed by atoms with van der Waals surface area (Å²) in [6.45, 7) is 4.40. The van der Waals surface area contributed by atoms with Crippen molar-refractivity contribution >= 4 is 0 Å². The summed E-state index contributed by atoms with van der Waals surface area (Å²) in [5.41, 5.74) is 7.29. The standard InChI is InChI=1S/C14H21N/c1-12(2)11-14(15)10-6-9-13-7-4-3-5-8-13/h3-8,10,12,14H,9,11,15H2,1-2H3/b10-6+/t14-/m1/s1. The van der Waals surface area contributed by atoms with Gasteiger partial charge in [0, 0.05) is 6.04 Å². The second kappa shape index (κ2) is 6.41. The molecule has 0 aliphatic rings. The van der Waals surface area contributed by atoms with Crippen molar-refractivity contribution in [3.05, 3.63) is 48.0 Å². The lowest BCUT2D eigenvalue weighted by atomic mass is 10.0. The molecule has 0 heterocycles. The Morgan fingerprint density at radius 1 is 1.20 bits per heavy atom. The zero-order chi connectivity index (χ0) is 11.1. The normalized spacial score (nSPS) is 13.6. The summed E-state index contributed by atoms with van der Waals surface area (Å²) in [5, 5.41) is 0. The minimum Gasteiger partial charge on any atom is -0.324 e. The number of allylic oxidation sites excluding steroid dienone is 1. The van der Waals surface area contributed by atoms with Gasteiger partial charge in [-0.15, -0.1) is 0 Å². The first kappa shape index (κ1) is 12.0. The van der Waals surface area contributed by atoms with Crippen LogP contribution in [0.1, 0.15) is 25.8 Å². The van der Waals surface area contributed by atoms with E-state index in [2.05, 4.69) is 50.3 Å². The molecule has 1 nitrogen and oxygen atoms in total. The Morgan fingerprint density at radius 2 is 1.87 bits per heavy atom. The Bertz CT molecular complexity index is 287. The van der Waals surface area contributed by atoms with Crippen LogP contribution in [0.2, 0.25) is 0 Å². The molecule has 1 heteroatoms. The number of hydrogen-bond donors (Lipinski definition) is 1. The molecule has 0 fully saturated rings. The van der Waals surface area contributed by atoms with E-state index in [0.29, 0.717) is 5.92 Å². The summed E-state index contributed by atoms with van der Waals surface area (Å²) in [4.78, 5) is 0. The lowest BCUT2D eigenvalue weighted by molar-refractivity contribution is 0.546. The summed E-state index contributed by atoms with van der Waals surface area (Å²) < 4.78 is 0. The largest absolute Gasteiger partial charge is 0.324 e. The zero-order valence-corrected chi connectivity index (χ0v) is 9.69. The van der Waals surface area contributed by atoms with E-state index in [0.717, 1.165) is 12.8 Å². The molecule has 1 aromatic rings. The molecule has 0 saturated heterocycles. The highest BCUT2D eigenvalue weighted by Crippen LogP contribution is 2.05. The molecule has 0 spiro atoms. The first-order valence-electron chi connectivity index (χ1n) is 5.64. The minimum atomic E-state index is 0.203. The average molecular weight is 203 g/mol. The van der Waals surface area contributed by atoms with Crippen molar-refractivity contribution in [3.63, 3.8) is 0 Å². The summed E-state index contributed by atoms with van der Waals surface area (Å²) in [7, 11) is 0.